The molecule has 0 aliphatic carbocycles. The Morgan fingerprint density at radius 2 is 1.04 bits per heavy atom. The molecule has 24 nitrogen and oxygen atoms in total. The number of carboxylic acids is 2. The van der Waals surface area contributed by atoms with Gasteiger partial charge in [0.1, 0.15) is 24.2 Å². The van der Waals surface area contributed by atoms with Gasteiger partial charge in [-0.05, 0) is 31.6 Å². The Morgan fingerprint density at radius 1 is 0.604 bits per heavy atom. The van der Waals surface area contributed by atoms with Gasteiger partial charge in [-0.25, -0.2) is 0 Å². The van der Waals surface area contributed by atoms with Crippen LogP contribution in [0.3, 0.4) is 0 Å². The summed E-state index contributed by atoms with van der Waals surface area (Å²) in [6.07, 6.45) is -1.48. The van der Waals surface area contributed by atoms with Crippen LogP contribution < -0.4 is 59.7 Å². The number of rotatable bonds is 26. The number of carboxylic acid groups (broad SMARTS) is 2. The number of carbonyl (C=O) groups excluding carboxylic acids is 8. The Morgan fingerprint density at radius 3 is 1.43 bits per heavy atom. The van der Waals surface area contributed by atoms with Crippen LogP contribution in [0.2, 0.25) is 0 Å². The van der Waals surface area contributed by atoms with Gasteiger partial charge in [0, 0.05) is 13.0 Å². The molecule has 4 unspecified atom stereocenters. The highest BCUT2D eigenvalue weighted by atomic mass is 16.4. The molecule has 4 atom stereocenters. The lowest BCUT2D eigenvalue weighted by atomic mass is 10.0. The van der Waals surface area contributed by atoms with E-state index in [9.17, 15) is 47.9 Å². The lowest BCUT2D eigenvalue weighted by molar-refractivity contribution is -0.141. The van der Waals surface area contributed by atoms with Crippen molar-refractivity contribution in [3.05, 3.63) is 0 Å². The topological polar surface area (TPSA) is 409 Å². The summed E-state index contributed by atoms with van der Waals surface area (Å²) in [5, 5.41) is 43.5. The van der Waals surface area contributed by atoms with Gasteiger partial charge in [0.05, 0.1) is 32.6 Å². The van der Waals surface area contributed by atoms with E-state index in [1.165, 1.54) is 0 Å². The zero-order valence-electron chi connectivity index (χ0n) is 29.4. The van der Waals surface area contributed by atoms with Crippen molar-refractivity contribution in [2.24, 2.45) is 23.1 Å². The number of hydrogen-bond donors (Lipinski definition) is 14. The summed E-state index contributed by atoms with van der Waals surface area (Å²) >= 11 is 0. The van der Waals surface area contributed by atoms with Crippen molar-refractivity contribution >= 4 is 65.2 Å². The molecule has 0 fully saturated rings. The van der Waals surface area contributed by atoms with Crippen molar-refractivity contribution in [2.45, 2.75) is 76.5 Å². The highest BCUT2D eigenvalue weighted by Crippen LogP contribution is 2.04. The normalized spacial score (nSPS) is 12.8. The summed E-state index contributed by atoms with van der Waals surface area (Å²) in [6.45, 7) is 0.994. The molecule has 0 spiro atoms. The Hall–Kier alpha value is -6.07. The van der Waals surface area contributed by atoms with Crippen molar-refractivity contribution in [1.82, 2.24) is 42.5 Å². The molecule has 0 heterocycles. The zero-order chi connectivity index (χ0) is 40.7. The summed E-state index contributed by atoms with van der Waals surface area (Å²) in [4.78, 5) is 121. The van der Waals surface area contributed by atoms with Crippen molar-refractivity contribution in [2.75, 3.05) is 32.7 Å². The molecule has 0 bridgehead atoms. The quantitative estimate of drug-likeness (QED) is 0.0221. The first kappa shape index (κ1) is 46.9. The third-order valence-corrected chi connectivity index (χ3v) is 6.81. The number of primary amides is 1. The number of hydrogen-bond acceptors (Lipinski definition) is 12. The third-order valence-electron chi connectivity index (χ3n) is 6.81. The SMILES string of the molecule is CC(C)CC(NC(=O)CNC(=O)C(CCC(=O)O)NC(=O)CNC(=O)C(CCCNC(=N)N)NC(=O)CNC(=O)C(CC(=O)O)NC(=O)CN)C(N)=O. The standard InChI is InChI=1S/C29H50N12O12/c1-14(2)8-17(25(31)50)40-22(45)13-36-27(52)16(5-6-23(46)47)39-21(44)11-35-26(51)15(4-3-7-34-29(32)33)38-20(43)12-37-28(53)18(9-24(48)49)41-19(42)10-30/h14-18H,3-13,30H2,1-2H3,(H2,31,50)(H,35,51)(H,36,52)(H,37,53)(H,38,43)(H,39,44)(H,40,45)(H,41,42)(H,46,47)(H,48,49)(H4,32,33,34). The minimum Gasteiger partial charge on any atom is -0.481 e. The van der Waals surface area contributed by atoms with Crippen LogP contribution in [0.25, 0.3) is 0 Å². The predicted octanol–water partition coefficient (Wildman–Crippen LogP) is -6.63. The Kier molecular flexibility index (Phi) is 22.1. The molecule has 0 saturated heterocycles. The third kappa shape index (κ3) is 22.4. The minimum atomic E-state index is -1.56. The molecule has 17 N–H and O–H groups in total. The number of nitrogens with one attached hydrogen (secondary N) is 9. The first-order valence-electron chi connectivity index (χ1n) is 16.3. The van der Waals surface area contributed by atoms with E-state index in [1.54, 1.807) is 13.8 Å². The van der Waals surface area contributed by atoms with Gasteiger partial charge in [-0.3, -0.25) is 53.4 Å². The molecule has 0 aliphatic heterocycles. The first-order valence-corrected chi connectivity index (χ1v) is 16.3. The Labute approximate surface area is 303 Å². The van der Waals surface area contributed by atoms with E-state index in [0.717, 1.165) is 0 Å². The fraction of sp³-hybridized carbons (Fsp3) is 0.621. The maximum Gasteiger partial charge on any atom is 0.305 e. The van der Waals surface area contributed by atoms with E-state index in [1.807, 2.05) is 0 Å². The van der Waals surface area contributed by atoms with E-state index >= 15 is 0 Å². The Bertz CT molecular complexity index is 1360. The lowest BCUT2D eigenvalue weighted by Crippen LogP contribution is -2.55. The molecule has 0 aromatic heterocycles. The average molecular weight is 759 g/mol. The average Bonchev–Trinajstić information content (AvgIpc) is 3.06. The predicted molar refractivity (Wildman–Crippen MR) is 183 cm³/mol. The molecule has 0 aromatic carbocycles. The second-order valence-corrected chi connectivity index (χ2v) is 11.9. The molecule has 8 amide bonds. The number of carbonyl (C=O) groups is 10. The number of guanidine groups is 1. The van der Waals surface area contributed by atoms with Gasteiger partial charge in [0.2, 0.25) is 47.3 Å². The van der Waals surface area contributed by atoms with Gasteiger partial charge in [-0.2, -0.15) is 0 Å². The van der Waals surface area contributed by atoms with Crippen molar-refractivity contribution < 1.29 is 58.2 Å². The van der Waals surface area contributed by atoms with E-state index in [2.05, 4.69) is 42.5 Å². The molecule has 0 aromatic rings. The zero-order valence-corrected chi connectivity index (χ0v) is 29.4. The van der Waals surface area contributed by atoms with Crippen LogP contribution in [0.5, 0.6) is 0 Å². The van der Waals surface area contributed by atoms with Gasteiger partial charge < -0.3 is 69.9 Å². The number of amides is 8. The maximum absolute atomic E-state index is 13.0. The second-order valence-electron chi connectivity index (χ2n) is 11.9. The number of nitrogens with two attached hydrogens (primary N) is 3. The van der Waals surface area contributed by atoms with Crippen LogP contribution in [0.4, 0.5) is 0 Å². The van der Waals surface area contributed by atoms with Crippen molar-refractivity contribution in [3.8, 4) is 0 Å². The van der Waals surface area contributed by atoms with Gasteiger partial charge in [0.15, 0.2) is 5.96 Å². The van der Waals surface area contributed by atoms with Crippen molar-refractivity contribution in [3.63, 3.8) is 0 Å². The van der Waals surface area contributed by atoms with Crippen LogP contribution in [0, 0.1) is 11.3 Å². The molecule has 0 saturated carbocycles. The summed E-state index contributed by atoms with van der Waals surface area (Å²) < 4.78 is 0. The van der Waals surface area contributed by atoms with Gasteiger partial charge in [-0.15, -0.1) is 0 Å². The minimum absolute atomic E-state index is 0.00453. The van der Waals surface area contributed by atoms with E-state index in [0.29, 0.717) is 0 Å². The van der Waals surface area contributed by atoms with E-state index in [-0.39, 0.29) is 37.7 Å². The van der Waals surface area contributed by atoms with Crippen LogP contribution >= 0.6 is 0 Å². The Balaban J connectivity index is 5.48. The molecule has 0 aliphatic rings. The lowest BCUT2D eigenvalue weighted by Gasteiger charge is -2.21. The summed E-state index contributed by atoms with van der Waals surface area (Å²) in [5.41, 5.74) is 15.7. The molecule has 53 heavy (non-hydrogen) atoms. The van der Waals surface area contributed by atoms with Crippen molar-refractivity contribution in [1.29, 1.82) is 5.41 Å². The fourth-order valence-corrected chi connectivity index (χ4v) is 4.30. The molecular weight excluding hydrogens is 708 g/mol. The molecule has 0 rings (SSSR count). The molecule has 0 radical (unpaired) electrons. The smallest absolute Gasteiger partial charge is 0.305 e. The van der Waals surface area contributed by atoms with Gasteiger partial charge >= 0.3 is 11.9 Å². The van der Waals surface area contributed by atoms with Crippen LogP contribution in [0.1, 0.15) is 52.4 Å². The summed E-state index contributed by atoms with van der Waals surface area (Å²) in [6, 6.07) is -5.37. The maximum atomic E-state index is 13.0. The van der Waals surface area contributed by atoms with E-state index in [4.69, 9.17) is 32.8 Å². The fourth-order valence-electron chi connectivity index (χ4n) is 4.30. The molecular formula is C29H50N12O12. The highest BCUT2D eigenvalue weighted by molar-refractivity contribution is 5.96. The van der Waals surface area contributed by atoms with Gasteiger partial charge in [-0.1, -0.05) is 13.8 Å². The summed E-state index contributed by atoms with van der Waals surface area (Å²) in [7, 11) is 0. The molecule has 298 valence electrons. The second kappa shape index (κ2) is 25.0. The van der Waals surface area contributed by atoms with Crippen LogP contribution in [-0.2, 0) is 47.9 Å². The van der Waals surface area contributed by atoms with Crippen LogP contribution in [-0.4, -0.2) is 132 Å². The van der Waals surface area contributed by atoms with Gasteiger partial charge in [0.25, 0.3) is 0 Å². The largest absolute Gasteiger partial charge is 0.481 e. The molecule has 24 heteroatoms. The first-order chi connectivity index (χ1) is 24.7. The highest BCUT2D eigenvalue weighted by Gasteiger charge is 2.27. The van der Waals surface area contributed by atoms with E-state index < -0.39 is 129 Å². The van der Waals surface area contributed by atoms with Crippen LogP contribution in [0.15, 0.2) is 0 Å². The summed E-state index contributed by atoms with van der Waals surface area (Å²) in [5.74, 6) is -10.3. The monoisotopic (exact) mass is 758 g/mol. The number of aliphatic carboxylic acids is 2.